The Kier molecular flexibility index (Phi) is 4.08. The molecule has 0 saturated heterocycles. The normalized spacial score (nSPS) is 10.8. The molecule has 1 aromatic heterocycles. The molecule has 0 aliphatic rings. The second kappa shape index (κ2) is 5.77. The summed E-state index contributed by atoms with van der Waals surface area (Å²) in [5.41, 5.74) is 1.47. The number of rotatable bonds is 5. The van der Waals surface area contributed by atoms with E-state index < -0.39 is 5.97 Å². The van der Waals surface area contributed by atoms with Crippen LogP contribution in [-0.4, -0.2) is 28.0 Å². The van der Waals surface area contributed by atoms with Gasteiger partial charge in [0.15, 0.2) is 0 Å². The minimum atomic E-state index is -0.967. The predicted molar refractivity (Wildman–Crippen MR) is 76.0 cm³/mol. The molecule has 5 heteroatoms. The molecule has 106 valence electrons. The summed E-state index contributed by atoms with van der Waals surface area (Å²) < 4.78 is 6.79. The summed E-state index contributed by atoms with van der Waals surface area (Å²) in [5.74, 6) is 0.165. The predicted octanol–water partition coefficient (Wildman–Crippen LogP) is 2.91. The van der Waals surface area contributed by atoms with Gasteiger partial charge in [-0.2, -0.15) is 5.10 Å². The molecule has 0 aliphatic heterocycles. The van der Waals surface area contributed by atoms with Crippen molar-refractivity contribution in [2.24, 2.45) is 5.92 Å². The number of carboxylic acids is 1. The molecule has 2 rings (SSSR count). The second-order valence-electron chi connectivity index (χ2n) is 5.04. The quantitative estimate of drug-likeness (QED) is 0.910. The molecule has 1 heterocycles. The van der Waals surface area contributed by atoms with Crippen molar-refractivity contribution in [1.82, 2.24) is 9.78 Å². The molecule has 0 unspecified atom stereocenters. The lowest BCUT2D eigenvalue weighted by Gasteiger charge is -2.04. The van der Waals surface area contributed by atoms with Crippen LogP contribution in [0.15, 0.2) is 30.5 Å². The molecule has 5 nitrogen and oxygen atoms in total. The van der Waals surface area contributed by atoms with Crippen molar-refractivity contribution in [3.05, 3.63) is 36.0 Å². The van der Waals surface area contributed by atoms with E-state index in [2.05, 4.69) is 18.9 Å². The molecule has 0 amide bonds. The summed E-state index contributed by atoms with van der Waals surface area (Å²) in [6, 6.07) is 7.21. The van der Waals surface area contributed by atoms with Crippen LogP contribution in [-0.2, 0) is 6.54 Å². The van der Waals surface area contributed by atoms with Crippen LogP contribution in [0.2, 0.25) is 0 Å². The van der Waals surface area contributed by atoms with Gasteiger partial charge in [-0.3, -0.25) is 4.68 Å². The van der Waals surface area contributed by atoms with E-state index in [1.165, 1.54) is 0 Å². The Labute approximate surface area is 117 Å². The van der Waals surface area contributed by atoms with Gasteiger partial charge in [0.1, 0.15) is 17.0 Å². The van der Waals surface area contributed by atoms with Gasteiger partial charge < -0.3 is 9.84 Å². The Morgan fingerprint density at radius 2 is 2.00 bits per heavy atom. The molecule has 1 aromatic carbocycles. The van der Waals surface area contributed by atoms with Gasteiger partial charge >= 0.3 is 5.97 Å². The van der Waals surface area contributed by atoms with E-state index in [0.717, 1.165) is 11.3 Å². The third-order valence-electron chi connectivity index (χ3n) is 2.91. The summed E-state index contributed by atoms with van der Waals surface area (Å²) in [6.07, 6.45) is 1.59. The molecule has 0 radical (unpaired) electrons. The van der Waals surface area contributed by atoms with Gasteiger partial charge in [0.2, 0.25) is 0 Å². The molecule has 0 aliphatic carbocycles. The first-order valence-electron chi connectivity index (χ1n) is 6.46. The summed E-state index contributed by atoms with van der Waals surface area (Å²) in [5, 5.41) is 13.7. The van der Waals surface area contributed by atoms with Crippen molar-refractivity contribution in [3.63, 3.8) is 0 Å². The van der Waals surface area contributed by atoms with Gasteiger partial charge in [0.05, 0.1) is 7.11 Å². The highest BCUT2D eigenvalue weighted by Crippen LogP contribution is 2.24. The molecule has 20 heavy (non-hydrogen) atoms. The number of nitrogens with zero attached hydrogens (tertiary/aromatic N) is 2. The SMILES string of the molecule is COc1ccc(-c2nn(CC(C)C)cc2C(=O)O)cc1. The van der Waals surface area contributed by atoms with Crippen molar-refractivity contribution in [2.75, 3.05) is 7.11 Å². The number of carbonyl (C=O) groups is 1. The summed E-state index contributed by atoms with van der Waals surface area (Å²) >= 11 is 0. The first-order valence-corrected chi connectivity index (χ1v) is 6.46. The van der Waals surface area contributed by atoms with Gasteiger partial charge in [-0.15, -0.1) is 0 Å². The monoisotopic (exact) mass is 274 g/mol. The standard InChI is InChI=1S/C15H18N2O3/c1-10(2)8-17-9-13(15(18)19)14(16-17)11-4-6-12(20-3)7-5-11/h4-7,9-10H,8H2,1-3H3,(H,18,19). The third-order valence-corrected chi connectivity index (χ3v) is 2.91. The van der Waals surface area contributed by atoms with E-state index in [4.69, 9.17) is 4.74 Å². The summed E-state index contributed by atoms with van der Waals surface area (Å²) in [7, 11) is 1.59. The Morgan fingerprint density at radius 3 is 2.50 bits per heavy atom. The minimum absolute atomic E-state index is 0.218. The van der Waals surface area contributed by atoms with Crippen LogP contribution in [0.1, 0.15) is 24.2 Å². The summed E-state index contributed by atoms with van der Waals surface area (Å²) in [6.45, 7) is 4.82. The van der Waals surface area contributed by atoms with Crippen LogP contribution < -0.4 is 4.74 Å². The van der Waals surface area contributed by atoms with Gasteiger partial charge in [0, 0.05) is 18.3 Å². The molecule has 0 atom stereocenters. The molecule has 0 bridgehead atoms. The maximum atomic E-state index is 11.3. The first-order chi connectivity index (χ1) is 9.51. The van der Waals surface area contributed by atoms with Crippen molar-refractivity contribution < 1.29 is 14.6 Å². The van der Waals surface area contributed by atoms with E-state index in [0.29, 0.717) is 18.2 Å². The molecule has 1 N–H and O–H groups in total. The van der Waals surface area contributed by atoms with Crippen molar-refractivity contribution >= 4 is 5.97 Å². The number of aromatic nitrogens is 2. The molecular formula is C15H18N2O3. The average molecular weight is 274 g/mol. The number of aromatic carboxylic acids is 1. The maximum Gasteiger partial charge on any atom is 0.339 e. The lowest BCUT2D eigenvalue weighted by molar-refractivity contribution is 0.0697. The van der Waals surface area contributed by atoms with Crippen LogP contribution in [0.3, 0.4) is 0 Å². The zero-order valence-electron chi connectivity index (χ0n) is 11.8. The molecule has 0 spiro atoms. The fraction of sp³-hybridized carbons (Fsp3) is 0.333. The fourth-order valence-electron chi connectivity index (χ4n) is 2.01. The number of ether oxygens (including phenoxy) is 1. The van der Waals surface area contributed by atoms with E-state index in [-0.39, 0.29) is 5.56 Å². The maximum absolute atomic E-state index is 11.3. The van der Waals surface area contributed by atoms with Gasteiger partial charge in [-0.1, -0.05) is 13.8 Å². The molecule has 2 aromatic rings. The van der Waals surface area contributed by atoms with Crippen LogP contribution in [0.4, 0.5) is 0 Å². The van der Waals surface area contributed by atoms with Crippen LogP contribution >= 0.6 is 0 Å². The fourth-order valence-corrected chi connectivity index (χ4v) is 2.01. The Bertz CT molecular complexity index is 600. The van der Waals surface area contributed by atoms with Crippen LogP contribution in [0.5, 0.6) is 5.75 Å². The van der Waals surface area contributed by atoms with Crippen LogP contribution in [0, 0.1) is 5.92 Å². The Balaban J connectivity index is 2.42. The Hall–Kier alpha value is -2.30. The molecule has 0 fully saturated rings. The van der Waals surface area contributed by atoms with E-state index in [1.54, 1.807) is 30.1 Å². The lowest BCUT2D eigenvalue weighted by Crippen LogP contribution is -2.04. The van der Waals surface area contributed by atoms with Crippen molar-refractivity contribution in [3.8, 4) is 17.0 Å². The van der Waals surface area contributed by atoms with E-state index in [9.17, 15) is 9.90 Å². The molecular weight excluding hydrogens is 256 g/mol. The summed E-state index contributed by atoms with van der Waals surface area (Å²) in [4.78, 5) is 11.3. The van der Waals surface area contributed by atoms with Crippen molar-refractivity contribution in [2.45, 2.75) is 20.4 Å². The second-order valence-corrected chi connectivity index (χ2v) is 5.04. The largest absolute Gasteiger partial charge is 0.497 e. The van der Waals surface area contributed by atoms with Gasteiger partial charge in [-0.05, 0) is 30.2 Å². The van der Waals surface area contributed by atoms with E-state index in [1.807, 2.05) is 12.1 Å². The number of methoxy groups -OCH3 is 1. The van der Waals surface area contributed by atoms with Gasteiger partial charge in [-0.25, -0.2) is 4.79 Å². The van der Waals surface area contributed by atoms with E-state index >= 15 is 0 Å². The van der Waals surface area contributed by atoms with Gasteiger partial charge in [0.25, 0.3) is 0 Å². The highest BCUT2D eigenvalue weighted by atomic mass is 16.5. The minimum Gasteiger partial charge on any atom is -0.497 e. The average Bonchev–Trinajstić information content (AvgIpc) is 2.82. The number of hydrogen-bond acceptors (Lipinski definition) is 3. The number of carboxylic acid groups (broad SMARTS) is 1. The van der Waals surface area contributed by atoms with Crippen LogP contribution in [0.25, 0.3) is 11.3 Å². The zero-order valence-corrected chi connectivity index (χ0v) is 11.8. The number of hydrogen-bond donors (Lipinski definition) is 1. The number of benzene rings is 1. The highest BCUT2D eigenvalue weighted by molar-refractivity contribution is 5.94. The smallest absolute Gasteiger partial charge is 0.339 e. The zero-order chi connectivity index (χ0) is 14.7. The topological polar surface area (TPSA) is 64.4 Å². The lowest BCUT2D eigenvalue weighted by atomic mass is 10.1. The van der Waals surface area contributed by atoms with Crippen molar-refractivity contribution in [1.29, 1.82) is 0 Å². The first kappa shape index (κ1) is 14.1. The molecule has 0 saturated carbocycles. The highest BCUT2D eigenvalue weighted by Gasteiger charge is 2.17. The Morgan fingerprint density at radius 1 is 1.35 bits per heavy atom. The third kappa shape index (κ3) is 2.99.